The molecule has 19 nitrogen and oxygen atoms in total. The molecule has 2 rings (SSSR count). The van der Waals surface area contributed by atoms with Crippen LogP contribution in [-0.4, -0.2) is 150 Å². The first kappa shape index (κ1) is 32.8. The first-order valence-electron chi connectivity index (χ1n) is 11.1. The Labute approximate surface area is 214 Å². The zero-order chi connectivity index (χ0) is 29.1. The highest BCUT2D eigenvalue weighted by Gasteiger charge is 2.60. The molecule has 0 bridgehead atoms. The number of phosphoric ester groups is 1. The van der Waals surface area contributed by atoms with Gasteiger partial charge in [0.2, 0.25) is 0 Å². The van der Waals surface area contributed by atoms with E-state index >= 15 is 0 Å². The molecule has 0 aliphatic carbocycles. The number of carboxylic acid groups (broad SMARTS) is 2. The van der Waals surface area contributed by atoms with Gasteiger partial charge in [-0.1, -0.05) is 0 Å². The molecule has 38 heavy (non-hydrogen) atoms. The molecule has 2 aliphatic rings. The lowest BCUT2D eigenvalue weighted by atomic mass is 9.90. The van der Waals surface area contributed by atoms with E-state index in [4.69, 9.17) is 24.5 Å². The molecular formula is C18H32NO18P. The second-order valence-corrected chi connectivity index (χ2v) is 10.00. The van der Waals surface area contributed by atoms with Crippen molar-refractivity contribution in [2.24, 2.45) is 5.73 Å². The summed E-state index contributed by atoms with van der Waals surface area (Å²) in [6, 6.07) is 0. The molecule has 0 aromatic heterocycles. The zero-order valence-corrected chi connectivity index (χ0v) is 20.5. The normalized spacial score (nSPS) is 39.2. The quantitative estimate of drug-likeness (QED) is 0.0903. The Kier molecular flexibility index (Phi) is 11.1. The van der Waals surface area contributed by atoms with Crippen LogP contribution >= 0.6 is 7.82 Å². The van der Waals surface area contributed by atoms with Crippen LogP contribution < -0.4 is 5.73 Å². The van der Waals surface area contributed by atoms with E-state index in [0.717, 1.165) is 0 Å². The van der Waals surface area contributed by atoms with Crippen LogP contribution in [0.15, 0.2) is 0 Å². The van der Waals surface area contributed by atoms with E-state index in [0.29, 0.717) is 0 Å². The lowest BCUT2D eigenvalue weighted by Crippen LogP contribution is -2.67. The van der Waals surface area contributed by atoms with Crippen LogP contribution in [0, 0.1) is 0 Å². The van der Waals surface area contributed by atoms with Crippen molar-refractivity contribution >= 4 is 19.8 Å². The summed E-state index contributed by atoms with van der Waals surface area (Å²) < 4.78 is 36.9. The average Bonchev–Trinajstić information content (AvgIpc) is 2.84. The van der Waals surface area contributed by atoms with E-state index in [2.05, 4.69) is 4.52 Å². The molecule has 2 saturated heterocycles. The molecule has 0 spiro atoms. The maximum Gasteiger partial charge on any atom is 0.472 e. The third-order valence-corrected chi connectivity index (χ3v) is 6.86. The molecule has 2 aliphatic heterocycles. The highest BCUT2D eigenvalue weighted by atomic mass is 31.2. The minimum Gasteiger partial charge on any atom is -0.477 e. The van der Waals surface area contributed by atoms with E-state index in [1.807, 2.05) is 0 Å². The summed E-state index contributed by atoms with van der Waals surface area (Å²) in [5.41, 5.74) is 5.17. The molecule has 11 atom stereocenters. The van der Waals surface area contributed by atoms with Gasteiger partial charge in [0, 0.05) is 19.4 Å². The third kappa shape index (κ3) is 7.22. The topological polar surface area (TPSA) is 326 Å². The van der Waals surface area contributed by atoms with Gasteiger partial charge in [0.05, 0.1) is 32.0 Å². The number of ether oxygens (including phenoxy) is 3. The van der Waals surface area contributed by atoms with Crippen LogP contribution in [0.2, 0.25) is 0 Å². The van der Waals surface area contributed by atoms with Crippen LogP contribution in [-0.2, 0) is 37.4 Å². The molecule has 222 valence electrons. The van der Waals surface area contributed by atoms with Crippen molar-refractivity contribution in [1.82, 2.24) is 0 Å². The Morgan fingerprint density at radius 1 is 1.03 bits per heavy atom. The lowest BCUT2D eigenvalue weighted by molar-refractivity contribution is -0.369. The minimum atomic E-state index is -4.96. The van der Waals surface area contributed by atoms with Crippen molar-refractivity contribution in [3.8, 4) is 0 Å². The molecule has 0 saturated carbocycles. The van der Waals surface area contributed by atoms with Gasteiger partial charge in [0.25, 0.3) is 11.6 Å². The number of rotatable bonds is 13. The molecule has 12 N–H and O–H groups in total. The first-order chi connectivity index (χ1) is 17.6. The monoisotopic (exact) mass is 581 g/mol. The summed E-state index contributed by atoms with van der Waals surface area (Å²) in [5.74, 6) is -10.3. The second-order valence-electron chi connectivity index (χ2n) is 8.59. The minimum absolute atomic E-state index is 0.211. The molecule has 0 aromatic carbocycles. The van der Waals surface area contributed by atoms with Crippen LogP contribution in [0.4, 0.5) is 0 Å². The van der Waals surface area contributed by atoms with Crippen molar-refractivity contribution in [3.05, 3.63) is 0 Å². The number of carboxylic acids is 2. The van der Waals surface area contributed by atoms with E-state index < -0.39 is 113 Å². The van der Waals surface area contributed by atoms with Gasteiger partial charge in [0.15, 0.2) is 0 Å². The fraction of sp³-hybridized carbons (Fsp3) is 0.889. The summed E-state index contributed by atoms with van der Waals surface area (Å²) in [5, 5.41) is 89.8. The number of carbonyl (C=O) groups is 2. The molecule has 3 unspecified atom stereocenters. The van der Waals surface area contributed by atoms with Gasteiger partial charge in [-0.05, 0) is 0 Å². The van der Waals surface area contributed by atoms with Crippen LogP contribution in [0.25, 0.3) is 0 Å². The number of aliphatic carboxylic acids is 2. The fourth-order valence-electron chi connectivity index (χ4n) is 3.93. The molecule has 0 amide bonds. The smallest absolute Gasteiger partial charge is 0.472 e. The highest BCUT2D eigenvalue weighted by Crippen LogP contribution is 2.47. The Morgan fingerprint density at radius 2 is 1.66 bits per heavy atom. The average molecular weight is 581 g/mol. The molecule has 2 fully saturated rings. The van der Waals surface area contributed by atoms with Crippen molar-refractivity contribution in [3.63, 3.8) is 0 Å². The van der Waals surface area contributed by atoms with Gasteiger partial charge in [0.1, 0.15) is 36.6 Å². The first-order valence-corrected chi connectivity index (χ1v) is 12.6. The van der Waals surface area contributed by atoms with Crippen LogP contribution in [0.5, 0.6) is 0 Å². The van der Waals surface area contributed by atoms with Gasteiger partial charge >= 0.3 is 19.8 Å². The summed E-state index contributed by atoms with van der Waals surface area (Å²) in [6.45, 7) is -2.96. The van der Waals surface area contributed by atoms with Gasteiger partial charge in [-0.15, -0.1) is 0 Å². The summed E-state index contributed by atoms with van der Waals surface area (Å²) >= 11 is 0. The summed E-state index contributed by atoms with van der Waals surface area (Å²) in [4.78, 5) is 33.7. The maximum atomic E-state index is 12.3. The summed E-state index contributed by atoms with van der Waals surface area (Å²) in [7, 11) is -4.96. The maximum absolute atomic E-state index is 12.3. The molecule has 0 radical (unpaired) electrons. The highest BCUT2D eigenvalue weighted by molar-refractivity contribution is 7.47. The number of hydrogen-bond donors (Lipinski definition) is 11. The second kappa shape index (κ2) is 12.9. The predicted molar refractivity (Wildman–Crippen MR) is 115 cm³/mol. The number of hydrogen-bond acceptors (Lipinski definition) is 16. The van der Waals surface area contributed by atoms with E-state index in [1.54, 1.807) is 0 Å². The molecule has 0 aromatic rings. The fourth-order valence-corrected chi connectivity index (χ4v) is 4.86. The SMILES string of the molecule is NCCOP(=O)(O)O[C@H](CO)[C@H]1OC(O[C@@H]2CC(O)(C(=O)O)O[C@H]([C@H](O)CO)[C@@H]2O)(C(=O)O)C[C@@H](O)[C@H]1O. The van der Waals surface area contributed by atoms with Crippen molar-refractivity contribution < 1.29 is 88.3 Å². The number of nitrogens with two attached hydrogens (primary N) is 1. The number of aliphatic hydroxyl groups is 7. The zero-order valence-electron chi connectivity index (χ0n) is 19.6. The van der Waals surface area contributed by atoms with Crippen LogP contribution in [0.3, 0.4) is 0 Å². The largest absolute Gasteiger partial charge is 0.477 e. The standard InChI is InChI=1S/C18H32NO18P/c19-1-2-33-38(31,32)37-10(6-21)14-11(24)7(22)3-18(36-14,16(28)29)34-9-4-17(30,15(26)27)35-13(12(9)25)8(23)5-20/h7-14,20-25,30H,1-6,19H2,(H,26,27)(H,28,29)(H,31,32)/t7-,8-,9-,10-,11-,12-,13-,14-,17?,18?/m1/s1. The predicted octanol–water partition coefficient (Wildman–Crippen LogP) is -5.61. The van der Waals surface area contributed by atoms with Crippen molar-refractivity contribution in [2.45, 2.75) is 73.2 Å². The van der Waals surface area contributed by atoms with Crippen molar-refractivity contribution in [1.29, 1.82) is 0 Å². The van der Waals surface area contributed by atoms with Gasteiger partial charge < -0.3 is 70.8 Å². The van der Waals surface area contributed by atoms with Crippen LogP contribution in [0.1, 0.15) is 12.8 Å². The Morgan fingerprint density at radius 3 is 2.16 bits per heavy atom. The van der Waals surface area contributed by atoms with Gasteiger partial charge in [-0.25, -0.2) is 14.2 Å². The Hall–Kier alpha value is -1.39. The summed E-state index contributed by atoms with van der Waals surface area (Å²) in [6.07, 6.45) is -18.5. The van der Waals surface area contributed by atoms with E-state index in [-0.39, 0.29) is 6.54 Å². The van der Waals surface area contributed by atoms with E-state index in [9.17, 15) is 65.0 Å². The van der Waals surface area contributed by atoms with Gasteiger partial charge in [-0.3, -0.25) is 9.05 Å². The molecule has 20 heteroatoms. The Balaban J connectivity index is 2.43. The lowest BCUT2D eigenvalue weighted by Gasteiger charge is -2.49. The molecular weight excluding hydrogens is 549 g/mol. The van der Waals surface area contributed by atoms with Crippen molar-refractivity contribution in [2.75, 3.05) is 26.4 Å². The Bertz CT molecular complexity index is 878. The number of phosphoric acid groups is 1. The van der Waals surface area contributed by atoms with Gasteiger partial charge in [-0.2, -0.15) is 0 Å². The third-order valence-electron chi connectivity index (χ3n) is 5.82. The number of aliphatic hydroxyl groups excluding tert-OH is 6. The molecule has 2 heterocycles. The van der Waals surface area contributed by atoms with E-state index in [1.165, 1.54) is 0 Å².